The molecule has 130 valence electrons. The van der Waals surface area contributed by atoms with Gasteiger partial charge in [0.1, 0.15) is 18.4 Å². The minimum atomic E-state index is -0.701. The number of nitrogen functional groups attached to an aromatic ring is 1. The van der Waals surface area contributed by atoms with E-state index in [4.69, 9.17) is 20.7 Å². The summed E-state index contributed by atoms with van der Waals surface area (Å²) in [5, 5.41) is 29.1. The van der Waals surface area contributed by atoms with Crippen LogP contribution in [0.3, 0.4) is 0 Å². The predicted molar refractivity (Wildman–Crippen MR) is 72.7 cm³/mol. The monoisotopic (exact) mass is 349 g/mol. The number of aromatic nitrogens is 4. The van der Waals surface area contributed by atoms with Crippen LogP contribution in [-0.4, -0.2) is 71.0 Å². The van der Waals surface area contributed by atoms with Crippen molar-refractivity contribution in [2.24, 2.45) is 0 Å². The van der Waals surface area contributed by atoms with Crippen LogP contribution >= 0.6 is 0 Å². The molecule has 0 saturated carbocycles. The molecule has 0 atom stereocenters. The van der Waals surface area contributed by atoms with Crippen molar-refractivity contribution < 1.29 is 71.5 Å². The van der Waals surface area contributed by atoms with Gasteiger partial charge in [0.25, 0.3) is 0 Å². The second-order valence-electron chi connectivity index (χ2n) is 3.56. The number of fused-ring (bicyclic) bond motifs is 1. The molecule has 2 heterocycles. The Bertz CT molecular complexity index is 552. The minimum absolute atomic E-state index is 0. The summed E-state index contributed by atoms with van der Waals surface area (Å²) in [6, 6.07) is 0. The fourth-order valence-electron chi connectivity index (χ4n) is 1.38. The molecular weight excluding hydrogens is 329 g/mol. The third-order valence-corrected chi connectivity index (χ3v) is 2.31. The van der Waals surface area contributed by atoms with Crippen molar-refractivity contribution >= 4 is 17.1 Å². The second-order valence-corrected chi connectivity index (χ2v) is 3.56. The van der Waals surface area contributed by atoms with Crippen molar-refractivity contribution in [2.45, 2.75) is 12.8 Å². The van der Waals surface area contributed by atoms with E-state index in [-0.39, 0.29) is 88.5 Å². The number of imidazole rings is 1. The predicted octanol–water partition coefficient (Wildman–Crippen LogP) is -8.49. The van der Waals surface area contributed by atoms with Crippen LogP contribution in [0.15, 0.2) is 6.33 Å². The van der Waals surface area contributed by atoms with Crippen molar-refractivity contribution in [3.8, 4) is 5.88 Å². The number of anilines is 1. The Hall–Kier alpha value is -1.13. The van der Waals surface area contributed by atoms with E-state index in [0.717, 1.165) is 0 Å². The minimum Gasteiger partial charge on any atom is -0.857 e. The van der Waals surface area contributed by atoms with Crippen LogP contribution < -0.4 is 40.4 Å². The zero-order chi connectivity index (χ0) is 13.1. The molecule has 0 aromatic carbocycles. The number of hydrogen-bond donors (Lipinski definition) is 3. The van der Waals surface area contributed by atoms with Gasteiger partial charge in [-0.15, -0.1) is 0 Å². The first-order valence-corrected chi connectivity index (χ1v) is 5.14. The van der Waals surface area contributed by atoms with Gasteiger partial charge in [-0.3, -0.25) is 4.57 Å². The quantitative estimate of drug-likeness (QED) is 0.434. The molecule has 23 heavy (non-hydrogen) atoms. The number of ether oxygens (including phenoxy) is 1. The van der Waals surface area contributed by atoms with E-state index < -0.39 is 12.0 Å². The molecule has 12 N–H and O–H groups in total. The van der Waals surface area contributed by atoms with Crippen molar-refractivity contribution in [2.75, 3.05) is 18.9 Å². The molecule has 0 radical (unpaired) electrons. The molecular formula is C9H20N5NaO8. The zero-order valence-electron chi connectivity index (χ0n) is 12.4. The maximum absolute atomic E-state index is 11.4. The Balaban J connectivity index is -0.000000361. The van der Waals surface area contributed by atoms with E-state index in [9.17, 15) is 5.11 Å². The summed E-state index contributed by atoms with van der Waals surface area (Å²) in [6.45, 7) is -0.641. The fraction of sp³-hybridized carbons (Fsp3) is 0.444. The summed E-state index contributed by atoms with van der Waals surface area (Å²) >= 11 is 0. The topological polar surface area (TPSA) is 268 Å². The molecule has 0 spiro atoms. The number of aliphatic hydroxyl groups excluding tert-OH is 2. The SMILES string of the molecule is Nc1nc([O-])c2ncn(COC(CO)CO)c2n1.O.O.O.O.[Na+]. The van der Waals surface area contributed by atoms with Crippen molar-refractivity contribution in [1.82, 2.24) is 19.5 Å². The third-order valence-electron chi connectivity index (χ3n) is 2.31. The van der Waals surface area contributed by atoms with Crippen LogP contribution in [0.25, 0.3) is 11.2 Å². The van der Waals surface area contributed by atoms with Crippen LogP contribution in [0.5, 0.6) is 5.88 Å². The molecule has 13 nitrogen and oxygen atoms in total. The van der Waals surface area contributed by atoms with Gasteiger partial charge in [-0.1, -0.05) is 0 Å². The van der Waals surface area contributed by atoms with Crippen molar-refractivity contribution in [3.63, 3.8) is 0 Å². The molecule has 2 aromatic heterocycles. The van der Waals surface area contributed by atoms with Crippen molar-refractivity contribution in [1.29, 1.82) is 0 Å². The number of hydrogen-bond acceptors (Lipinski definition) is 8. The standard InChI is InChI=1S/C9H13N5O4.Na.4H2O/c10-9-12-7-6(8(17)13-9)11-3-14(7)4-18-5(1-15)2-16;;;;;/h3,5,15-16H,1-2,4H2,(H3,10,12,13,17);;4*1H2/q;+1;;;;/p-1. The molecule has 0 unspecified atom stereocenters. The molecule has 0 aliphatic heterocycles. The van der Waals surface area contributed by atoms with Gasteiger partial charge >= 0.3 is 29.6 Å². The average Bonchev–Trinajstić information content (AvgIpc) is 2.74. The van der Waals surface area contributed by atoms with Crippen LogP contribution in [0, 0.1) is 0 Å². The molecule has 0 saturated heterocycles. The Labute approximate surface area is 152 Å². The first-order valence-electron chi connectivity index (χ1n) is 5.14. The van der Waals surface area contributed by atoms with E-state index in [0.29, 0.717) is 0 Å². The van der Waals surface area contributed by atoms with Gasteiger partial charge in [0.15, 0.2) is 5.65 Å². The summed E-state index contributed by atoms with van der Waals surface area (Å²) in [4.78, 5) is 11.2. The van der Waals surface area contributed by atoms with Gasteiger partial charge in [0.2, 0.25) is 5.95 Å². The summed E-state index contributed by atoms with van der Waals surface area (Å²) in [5.41, 5.74) is 5.72. The number of aliphatic hydroxyl groups is 2. The summed E-state index contributed by atoms with van der Waals surface area (Å²) in [5.74, 6) is -0.702. The number of nitrogens with zero attached hydrogens (tertiary/aromatic N) is 4. The summed E-state index contributed by atoms with van der Waals surface area (Å²) in [7, 11) is 0. The first kappa shape index (κ1) is 29.8. The third kappa shape index (κ3) is 6.88. The van der Waals surface area contributed by atoms with E-state index in [1.54, 1.807) is 0 Å². The second kappa shape index (κ2) is 13.3. The Morgan fingerprint density at radius 1 is 1.17 bits per heavy atom. The smallest absolute Gasteiger partial charge is 0.857 e. The van der Waals surface area contributed by atoms with E-state index >= 15 is 0 Å². The molecule has 0 amide bonds. The van der Waals surface area contributed by atoms with Gasteiger partial charge in [0, 0.05) is 5.88 Å². The van der Waals surface area contributed by atoms with Crippen molar-refractivity contribution in [3.05, 3.63) is 6.33 Å². The number of nitrogens with two attached hydrogens (primary N) is 1. The van der Waals surface area contributed by atoms with E-state index in [1.807, 2.05) is 0 Å². The van der Waals surface area contributed by atoms with Crippen LogP contribution in [0.4, 0.5) is 5.95 Å². The molecule has 0 bridgehead atoms. The Morgan fingerprint density at radius 2 is 1.74 bits per heavy atom. The maximum atomic E-state index is 11.4. The van der Waals surface area contributed by atoms with Crippen LogP contribution in [0.1, 0.15) is 0 Å². The van der Waals surface area contributed by atoms with Gasteiger partial charge in [0.05, 0.1) is 19.5 Å². The van der Waals surface area contributed by atoms with Crippen LogP contribution in [0.2, 0.25) is 0 Å². The average molecular weight is 349 g/mol. The molecule has 2 rings (SSSR count). The maximum Gasteiger partial charge on any atom is 1.00 e. The van der Waals surface area contributed by atoms with E-state index in [2.05, 4.69) is 15.0 Å². The van der Waals surface area contributed by atoms with Gasteiger partial charge in [-0.2, -0.15) is 4.98 Å². The molecule has 0 aliphatic carbocycles. The molecule has 0 fully saturated rings. The van der Waals surface area contributed by atoms with E-state index in [1.165, 1.54) is 10.9 Å². The first-order chi connectivity index (χ1) is 8.65. The Kier molecular flexibility index (Phi) is 17.3. The van der Waals surface area contributed by atoms with Crippen LogP contribution in [-0.2, 0) is 11.5 Å². The van der Waals surface area contributed by atoms with Gasteiger partial charge < -0.3 is 47.7 Å². The Morgan fingerprint density at radius 3 is 2.26 bits per heavy atom. The number of rotatable bonds is 5. The zero-order valence-corrected chi connectivity index (χ0v) is 14.4. The summed E-state index contributed by atoms with van der Waals surface area (Å²) in [6.07, 6.45) is 0.653. The fourth-order valence-corrected chi connectivity index (χ4v) is 1.38. The summed E-state index contributed by atoms with van der Waals surface area (Å²) < 4.78 is 6.63. The molecule has 0 aliphatic rings. The van der Waals surface area contributed by atoms with Gasteiger partial charge in [-0.05, 0) is 0 Å². The van der Waals surface area contributed by atoms with Gasteiger partial charge in [-0.25, -0.2) is 9.97 Å². The largest absolute Gasteiger partial charge is 1.00 e. The molecule has 2 aromatic rings. The normalized spacial score (nSPS) is 9.00. The molecule has 14 heteroatoms.